The lowest BCUT2D eigenvalue weighted by Gasteiger charge is -2.11. The highest BCUT2D eigenvalue weighted by molar-refractivity contribution is 5.93. The summed E-state index contributed by atoms with van der Waals surface area (Å²) in [6.45, 7) is 0.225. The number of nitro groups is 1. The van der Waals surface area contributed by atoms with E-state index in [1.807, 2.05) is 30.3 Å². The molecule has 142 valence electrons. The lowest BCUT2D eigenvalue weighted by Crippen LogP contribution is -2.09. The molecule has 3 rings (SSSR count). The molecule has 0 atom stereocenters. The van der Waals surface area contributed by atoms with Crippen LogP contribution in [0.5, 0.6) is 11.5 Å². The van der Waals surface area contributed by atoms with Crippen LogP contribution < -0.4 is 10.2 Å². The number of pyridine rings is 1. The van der Waals surface area contributed by atoms with Crippen molar-refractivity contribution in [1.29, 1.82) is 0 Å². The standard InChI is InChI=1S/C19H15N3O6/c23-19(24)17-10-16(28-15-8-6-14(7-9-15)22(25)26)11-20-18(17)21-27-12-13-4-2-1-3-5-13/h1-11H,12H2,(H,20,21)(H,23,24). The van der Waals surface area contributed by atoms with Crippen molar-refractivity contribution in [3.63, 3.8) is 0 Å². The second-order valence-corrected chi connectivity index (χ2v) is 5.60. The van der Waals surface area contributed by atoms with Gasteiger partial charge in [-0.1, -0.05) is 30.3 Å². The molecule has 2 N–H and O–H groups in total. The summed E-state index contributed by atoms with van der Waals surface area (Å²) in [6.07, 6.45) is 1.32. The zero-order chi connectivity index (χ0) is 19.9. The van der Waals surface area contributed by atoms with Gasteiger partial charge in [0.15, 0.2) is 5.82 Å². The topological polar surface area (TPSA) is 124 Å². The van der Waals surface area contributed by atoms with E-state index in [-0.39, 0.29) is 29.4 Å². The van der Waals surface area contributed by atoms with Gasteiger partial charge in [-0.25, -0.2) is 15.3 Å². The number of hydrogen-bond acceptors (Lipinski definition) is 7. The molecule has 9 heteroatoms. The molecule has 1 aromatic heterocycles. The van der Waals surface area contributed by atoms with Crippen molar-refractivity contribution in [3.05, 3.63) is 88.1 Å². The molecule has 0 amide bonds. The molecular formula is C19H15N3O6. The average Bonchev–Trinajstić information content (AvgIpc) is 2.70. The van der Waals surface area contributed by atoms with Crippen molar-refractivity contribution >= 4 is 17.5 Å². The zero-order valence-corrected chi connectivity index (χ0v) is 14.4. The molecule has 0 spiro atoms. The molecule has 0 saturated carbocycles. The third-order valence-corrected chi connectivity index (χ3v) is 3.63. The smallest absolute Gasteiger partial charge is 0.339 e. The van der Waals surface area contributed by atoms with E-state index < -0.39 is 10.9 Å². The van der Waals surface area contributed by atoms with E-state index in [1.54, 1.807) is 0 Å². The predicted octanol–water partition coefficient (Wildman–Crippen LogP) is 4.02. The molecule has 1 heterocycles. The number of ether oxygens (including phenoxy) is 1. The van der Waals surface area contributed by atoms with E-state index >= 15 is 0 Å². The van der Waals surface area contributed by atoms with Gasteiger partial charge in [0.05, 0.1) is 17.7 Å². The molecule has 0 aliphatic heterocycles. The molecule has 9 nitrogen and oxygen atoms in total. The lowest BCUT2D eigenvalue weighted by molar-refractivity contribution is -0.384. The number of aromatic nitrogens is 1. The number of hydrogen-bond donors (Lipinski definition) is 2. The molecule has 28 heavy (non-hydrogen) atoms. The third-order valence-electron chi connectivity index (χ3n) is 3.63. The number of non-ortho nitro benzene ring substituents is 1. The number of nitrogens with zero attached hydrogens (tertiary/aromatic N) is 2. The van der Waals surface area contributed by atoms with Gasteiger partial charge in [0, 0.05) is 18.2 Å². The van der Waals surface area contributed by atoms with Gasteiger partial charge in [-0.15, -0.1) is 0 Å². The summed E-state index contributed by atoms with van der Waals surface area (Å²) in [5.74, 6) is -0.712. The Kier molecular flexibility index (Phi) is 5.78. The Morgan fingerprint density at radius 1 is 1.11 bits per heavy atom. The van der Waals surface area contributed by atoms with Crippen molar-refractivity contribution in [1.82, 2.24) is 4.98 Å². The zero-order valence-electron chi connectivity index (χ0n) is 14.4. The number of nitro benzene ring substituents is 1. The van der Waals surface area contributed by atoms with E-state index in [2.05, 4.69) is 10.5 Å². The number of carboxylic acids is 1. The van der Waals surface area contributed by atoms with E-state index in [9.17, 15) is 20.0 Å². The summed E-state index contributed by atoms with van der Waals surface area (Å²) in [5, 5.41) is 20.1. The molecular weight excluding hydrogens is 366 g/mol. The van der Waals surface area contributed by atoms with Crippen LogP contribution in [-0.2, 0) is 11.4 Å². The van der Waals surface area contributed by atoms with E-state index in [0.29, 0.717) is 5.75 Å². The van der Waals surface area contributed by atoms with E-state index in [1.165, 1.54) is 36.5 Å². The highest BCUT2D eigenvalue weighted by Gasteiger charge is 2.14. The van der Waals surface area contributed by atoms with E-state index in [0.717, 1.165) is 5.56 Å². The highest BCUT2D eigenvalue weighted by Crippen LogP contribution is 2.26. The third kappa shape index (κ3) is 4.80. The predicted molar refractivity (Wildman–Crippen MR) is 99.2 cm³/mol. The summed E-state index contributed by atoms with van der Waals surface area (Å²) in [5.41, 5.74) is 3.22. The number of nitrogens with one attached hydrogen (secondary N) is 1. The second-order valence-electron chi connectivity index (χ2n) is 5.60. The minimum atomic E-state index is -1.22. The maximum atomic E-state index is 11.5. The van der Waals surface area contributed by atoms with Crippen molar-refractivity contribution in [2.45, 2.75) is 6.61 Å². The van der Waals surface area contributed by atoms with Crippen LogP contribution in [0.25, 0.3) is 0 Å². The Morgan fingerprint density at radius 2 is 1.82 bits per heavy atom. The quantitative estimate of drug-likeness (QED) is 0.443. The Morgan fingerprint density at radius 3 is 2.46 bits per heavy atom. The molecule has 0 fully saturated rings. The Bertz CT molecular complexity index is 977. The minimum Gasteiger partial charge on any atom is -0.478 e. The van der Waals surface area contributed by atoms with Crippen molar-refractivity contribution in [3.8, 4) is 11.5 Å². The first kappa shape index (κ1) is 18.8. The highest BCUT2D eigenvalue weighted by atomic mass is 16.6. The summed E-state index contributed by atoms with van der Waals surface area (Å²) < 4.78 is 5.52. The van der Waals surface area contributed by atoms with Gasteiger partial charge in [0.25, 0.3) is 5.69 Å². The van der Waals surface area contributed by atoms with Gasteiger partial charge in [-0.2, -0.15) is 0 Å². The van der Waals surface area contributed by atoms with Gasteiger partial charge in [-0.3, -0.25) is 15.0 Å². The number of aromatic carboxylic acids is 1. The molecule has 3 aromatic rings. The minimum absolute atomic E-state index is 0.0273. The number of carboxylic acid groups (broad SMARTS) is 1. The molecule has 0 radical (unpaired) electrons. The van der Waals surface area contributed by atoms with Gasteiger partial charge < -0.3 is 9.84 Å². The van der Waals surface area contributed by atoms with Crippen molar-refractivity contribution in [2.24, 2.45) is 0 Å². The van der Waals surface area contributed by atoms with Crippen LogP contribution >= 0.6 is 0 Å². The summed E-state index contributed by atoms with van der Waals surface area (Å²) >= 11 is 0. The van der Waals surface area contributed by atoms with Crippen LogP contribution in [-0.4, -0.2) is 21.0 Å². The van der Waals surface area contributed by atoms with Crippen LogP contribution in [0.4, 0.5) is 11.5 Å². The second kappa shape index (κ2) is 8.60. The van der Waals surface area contributed by atoms with Crippen molar-refractivity contribution in [2.75, 3.05) is 5.48 Å². The fourth-order valence-corrected chi connectivity index (χ4v) is 2.28. The van der Waals surface area contributed by atoms with Crippen molar-refractivity contribution < 1.29 is 24.4 Å². The number of carbonyl (C=O) groups is 1. The van der Waals surface area contributed by atoms with Crippen LogP contribution in [0, 0.1) is 10.1 Å². The summed E-state index contributed by atoms with van der Waals surface area (Å²) in [7, 11) is 0. The molecule has 0 saturated heterocycles. The van der Waals surface area contributed by atoms with Gasteiger partial charge in [0.1, 0.15) is 17.1 Å². The van der Waals surface area contributed by atoms with E-state index in [4.69, 9.17) is 9.57 Å². The monoisotopic (exact) mass is 381 g/mol. The molecule has 0 aliphatic rings. The first-order chi connectivity index (χ1) is 13.5. The van der Waals surface area contributed by atoms with Gasteiger partial charge >= 0.3 is 5.97 Å². The maximum absolute atomic E-state index is 11.5. The molecule has 0 unspecified atom stereocenters. The van der Waals surface area contributed by atoms with Crippen LogP contribution in [0.2, 0.25) is 0 Å². The average molecular weight is 381 g/mol. The van der Waals surface area contributed by atoms with Crippen LogP contribution in [0.15, 0.2) is 66.9 Å². The normalized spacial score (nSPS) is 10.3. The molecule has 0 bridgehead atoms. The van der Waals surface area contributed by atoms with Crippen LogP contribution in [0.1, 0.15) is 15.9 Å². The Hall–Kier alpha value is -3.98. The summed E-state index contributed by atoms with van der Waals surface area (Å²) in [4.78, 5) is 31.0. The maximum Gasteiger partial charge on any atom is 0.339 e. The molecule has 0 aliphatic carbocycles. The Labute approximate surface area is 159 Å². The largest absolute Gasteiger partial charge is 0.478 e. The fourth-order valence-electron chi connectivity index (χ4n) is 2.28. The first-order valence-electron chi connectivity index (χ1n) is 8.10. The number of rotatable bonds is 8. The SMILES string of the molecule is O=C(O)c1cc(Oc2ccc([N+](=O)[O-])cc2)cnc1NOCc1ccccc1. The summed E-state index contributed by atoms with van der Waals surface area (Å²) in [6, 6.07) is 16.0. The molecule has 2 aromatic carbocycles. The van der Waals surface area contributed by atoms with Crippen LogP contribution in [0.3, 0.4) is 0 Å². The van der Waals surface area contributed by atoms with Gasteiger partial charge in [0.2, 0.25) is 0 Å². The lowest BCUT2D eigenvalue weighted by atomic mass is 10.2. The first-order valence-corrected chi connectivity index (χ1v) is 8.10. The van der Waals surface area contributed by atoms with Gasteiger partial charge in [-0.05, 0) is 17.7 Å². The number of benzene rings is 2. The Balaban J connectivity index is 1.69. The number of anilines is 1. The fraction of sp³-hybridized carbons (Fsp3) is 0.0526.